The topological polar surface area (TPSA) is 39.1 Å². The fourth-order valence-electron chi connectivity index (χ4n) is 2.92. The van der Waals surface area contributed by atoms with Crippen molar-refractivity contribution in [3.8, 4) is 0 Å². The standard InChI is InChI=1S/C16H23N3O/c1-19-16-8-3-2-7-14(16)15(18-19)12-17-10-9-13-6-4-5-11-20-13/h2-3,7-8,13,17H,4-6,9-12H2,1H3. The van der Waals surface area contributed by atoms with Gasteiger partial charge in [-0.1, -0.05) is 18.2 Å². The van der Waals surface area contributed by atoms with Gasteiger partial charge in [0.25, 0.3) is 0 Å². The number of nitrogens with zero attached hydrogens (tertiary/aromatic N) is 2. The number of nitrogens with one attached hydrogen (secondary N) is 1. The minimum atomic E-state index is 0.455. The first-order valence-corrected chi connectivity index (χ1v) is 7.57. The van der Waals surface area contributed by atoms with Crippen molar-refractivity contribution < 1.29 is 4.74 Å². The number of hydrogen-bond donors (Lipinski definition) is 1. The maximum Gasteiger partial charge on any atom is 0.0841 e. The van der Waals surface area contributed by atoms with Gasteiger partial charge in [-0.25, -0.2) is 0 Å². The molecule has 0 aliphatic carbocycles. The molecule has 1 aliphatic heterocycles. The van der Waals surface area contributed by atoms with Crippen molar-refractivity contribution in [2.75, 3.05) is 13.2 Å². The van der Waals surface area contributed by atoms with E-state index in [1.165, 1.54) is 30.2 Å². The van der Waals surface area contributed by atoms with E-state index >= 15 is 0 Å². The number of aryl methyl sites for hydroxylation is 1. The van der Waals surface area contributed by atoms with Crippen LogP contribution >= 0.6 is 0 Å². The Balaban J connectivity index is 1.52. The summed E-state index contributed by atoms with van der Waals surface area (Å²) < 4.78 is 7.70. The van der Waals surface area contributed by atoms with Gasteiger partial charge in [0, 0.05) is 25.6 Å². The summed E-state index contributed by atoms with van der Waals surface area (Å²) in [4.78, 5) is 0. The summed E-state index contributed by atoms with van der Waals surface area (Å²) in [5.41, 5.74) is 2.33. The summed E-state index contributed by atoms with van der Waals surface area (Å²) in [7, 11) is 2.00. The quantitative estimate of drug-likeness (QED) is 0.851. The Hall–Kier alpha value is -1.39. The van der Waals surface area contributed by atoms with E-state index in [-0.39, 0.29) is 0 Å². The van der Waals surface area contributed by atoms with Crippen molar-refractivity contribution in [1.82, 2.24) is 15.1 Å². The molecule has 0 bridgehead atoms. The first-order valence-electron chi connectivity index (χ1n) is 7.57. The molecule has 2 heterocycles. The van der Waals surface area contributed by atoms with Crippen molar-refractivity contribution in [2.24, 2.45) is 7.05 Å². The lowest BCUT2D eigenvalue weighted by Gasteiger charge is -2.22. The normalized spacial score (nSPS) is 19.6. The van der Waals surface area contributed by atoms with Crippen molar-refractivity contribution in [3.05, 3.63) is 30.0 Å². The molecular formula is C16H23N3O. The molecule has 0 amide bonds. The van der Waals surface area contributed by atoms with Crippen LogP contribution in [0.4, 0.5) is 0 Å². The number of hydrogen-bond acceptors (Lipinski definition) is 3. The van der Waals surface area contributed by atoms with Crippen LogP contribution in [0.3, 0.4) is 0 Å². The Bertz CT molecular complexity index is 558. The van der Waals surface area contributed by atoms with Crippen LogP contribution in [0.5, 0.6) is 0 Å². The molecule has 1 fully saturated rings. The molecule has 2 aromatic rings. The second kappa shape index (κ2) is 6.37. The number of para-hydroxylation sites is 1. The highest BCUT2D eigenvalue weighted by Gasteiger charge is 2.13. The second-order valence-corrected chi connectivity index (χ2v) is 5.54. The van der Waals surface area contributed by atoms with E-state index in [1.54, 1.807) is 0 Å². The zero-order chi connectivity index (χ0) is 13.8. The van der Waals surface area contributed by atoms with Crippen molar-refractivity contribution in [2.45, 2.75) is 38.3 Å². The Morgan fingerprint density at radius 3 is 3.10 bits per heavy atom. The zero-order valence-electron chi connectivity index (χ0n) is 12.1. The maximum atomic E-state index is 5.74. The molecule has 1 N–H and O–H groups in total. The van der Waals surface area contributed by atoms with Gasteiger partial charge in [-0.05, 0) is 38.3 Å². The van der Waals surface area contributed by atoms with Crippen LogP contribution in [0, 0.1) is 0 Å². The van der Waals surface area contributed by atoms with E-state index in [0.29, 0.717) is 6.10 Å². The Labute approximate surface area is 120 Å². The first-order chi connectivity index (χ1) is 9.84. The molecule has 1 aliphatic rings. The maximum absolute atomic E-state index is 5.74. The molecule has 1 aromatic carbocycles. The molecule has 1 unspecified atom stereocenters. The number of ether oxygens (including phenoxy) is 1. The monoisotopic (exact) mass is 273 g/mol. The van der Waals surface area contributed by atoms with Gasteiger partial charge in [-0.2, -0.15) is 5.10 Å². The minimum absolute atomic E-state index is 0.455. The number of fused-ring (bicyclic) bond motifs is 1. The average molecular weight is 273 g/mol. The second-order valence-electron chi connectivity index (χ2n) is 5.54. The third-order valence-electron chi connectivity index (χ3n) is 4.04. The van der Waals surface area contributed by atoms with E-state index in [1.807, 2.05) is 11.7 Å². The smallest absolute Gasteiger partial charge is 0.0841 e. The molecule has 0 spiro atoms. The molecule has 0 saturated carbocycles. The third-order valence-corrected chi connectivity index (χ3v) is 4.04. The molecule has 108 valence electrons. The van der Waals surface area contributed by atoms with E-state index in [2.05, 4.69) is 34.7 Å². The highest BCUT2D eigenvalue weighted by atomic mass is 16.5. The van der Waals surface area contributed by atoms with E-state index in [4.69, 9.17) is 4.74 Å². The molecule has 1 aromatic heterocycles. The van der Waals surface area contributed by atoms with Crippen LogP contribution in [0.15, 0.2) is 24.3 Å². The number of rotatable bonds is 5. The SMILES string of the molecule is Cn1nc(CNCCC2CCCCO2)c2ccccc21. The molecule has 1 atom stereocenters. The number of aromatic nitrogens is 2. The molecule has 0 radical (unpaired) electrons. The Morgan fingerprint density at radius 1 is 1.35 bits per heavy atom. The highest BCUT2D eigenvalue weighted by Crippen LogP contribution is 2.17. The fraction of sp³-hybridized carbons (Fsp3) is 0.562. The van der Waals surface area contributed by atoms with E-state index < -0.39 is 0 Å². The van der Waals surface area contributed by atoms with Crippen molar-refractivity contribution in [1.29, 1.82) is 0 Å². The summed E-state index contributed by atoms with van der Waals surface area (Å²) >= 11 is 0. The molecule has 3 rings (SSSR count). The lowest BCUT2D eigenvalue weighted by Crippen LogP contribution is -2.25. The fourth-order valence-corrected chi connectivity index (χ4v) is 2.92. The zero-order valence-corrected chi connectivity index (χ0v) is 12.1. The lowest BCUT2D eigenvalue weighted by atomic mass is 10.1. The molecule has 4 nitrogen and oxygen atoms in total. The van der Waals surface area contributed by atoms with Gasteiger partial charge in [-0.15, -0.1) is 0 Å². The van der Waals surface area contributed by atoms with Gasteiger partial charge in [0.1, 0.15) is 0 Å². The highest BCUT2D eigenvalue weighted by molar-refractivity contribution is 5.81. The van der Waals surface area contributed by atoms with Gasteiger partial charge in [0.05, 0.1) is 17.3 Å². The van der Waals surface area contributed by atoms with Crippen molar-refractivity contribution >= 4 is 10.9 Å². The van der Waals surface area contributed by atoms with Gasteiger partial charge in [-0.3, -0.25) is 4.68 Å². The molecular weight excluding hydrogens is 250 g/mol. The van der Waals surface area contributed by atoms with Crippen LogP contribution in [0.25, 0.3) is 10.9 Å². The average Bonchev–Trinajstić information content (AvgIpc) is 2.82. The van der Waals surface area contributed by atoms with E-state index in [9.17, 15) is 0 Å². The lowest BCUT2D eigenvalue weighted by molar-refractivity contribution is 0.0115. The molecule has 4 heteroatoms. The predicted molar refractivity (Wildman–Crippen MR) is 80.6 cm³/mol. The van der Waals surface area contributed by atoms with Gasteiger partial charge in [0.15, 0.2) is 0 Å². The summed E-state index contributed by atoms with van der Waals surface area (Å²) in [5, 5.41) is 9.34. The van der Waals surface area contributed by atoms with E-state index in [0.717, 1.165) is 31.8 Å². The summed E-state index contributed by atoms with van der Waals surface area (Å²) in [6, 6.07) is 8.39. The van der Waals surface area contributed by atoms with Gasteiger partial charge >= 0.3 is 0 Å². The summed E-state index contributed by atoms with van der Waals surface area (Å²) in [6.45, 7) is 2.76. The molecule has 1 saturated heterocycles. The van der Waals surface area contributed by atoms with Crippen LogP contribution < -0.4 is 5.32 Å². The van der Waals surface area contributed by atoms with Gasteiger partial charge in [0.2, 0.25) is 0 Å². The summed E-state index contributed by atoms with van der Waals surface area (Å²) in [5.74, 6) is 0. The Morgan fingerprint density at radius 2 is 2.25 bits per heavy atom. The van der Waals surface area contributed by atoms with Crippen LogP contribution in [-0.4, -0.2) is 29.0 Å². The minimum Gasteiger partial charge on any atom is -0.378 e. The van der Waals surface area contributed by atoms with Gasteiger partial charge < -0.3 is 10.1 Å². The molecule has 20 heavy (non-hydrogen) atoms. The number of benzene rings is 1. The third kappa shape index (κ3) is 3.02. The van der Waals surface area contributed by atoms with Crippen LogP contribution in [0.2, 0.25) is 0 Å². The Kier molecular flexibility index (Phi) is 4.33. The largest absolute Gasteiger partial charge is 0.378 e. The predicted octanol–water partition coefficient (Wildman–Crippen LogP) is 2.62. The summed E-state index contributed by atoms with van der Waals surface area (Å²) in [6.07, 6.45) is 5.31. The van der Waals surface area contributed by atoms with Crippen molar-refractivity contribution in [3.63, 3.8) is 0 Å². The first kappa shape index (κ1) is 13.6. The van der Waals surface area contributed by atoms with Crippen LogP contribution in [0.1, 0.15) is 31.4 Å². The van der Waals surface area contributed by atoms with Crippen LogP contribution in [-0.2, 0) is 18.3 Å².